The van der Waals surface area contributed by atoms with E-state index in [0.717, 1.165) is 10.0 Å². The van der Waals surface area contributed by atoms with Crippen LogP contribution in [0.5, 0.6) is 0 Å². The molecule has 1 aliphatic heterocycles. The van der Waals surface area contributed by atoms with Crippen LogP contribution in [-0.2, 0) is 9.59 Å². The summed E-state index contributed by atoms with van der Waals surface area (Å²) >= 11 is 3.33. The maximum Gasteiger partial charge on any atom is 0.234 e. The lowest BCUT2D eigenvalue weighted by Gasteiger charge is -2.16. The van der Waals surface area contributed by atoms with Gasteiger partial charge in [0.15, 0.2) is 0 Å². The number of anilines is 1. The summed E-state index contributed by atoms with van der Waals surface area (Å²) in [6, 6.07) is 5.58. The monoisotopic (exact) mass is 267 g/mol. The Kier molecular flexibility index (Phi) is 2.61. The van der Waals surface area contributed by atoms with Crippen molar-refractivity contribution < 1.29 is 9.59 Å². The van der Waals surface area contributed by atoms with Crippen LogP contribution in [0.25, 0.3) is 0 Å². The Labute approximate surface area is 96.2 Å². The molecular formula is C11H10BrNO2. The molecule has 0 aliphatic carbocycles. The van der Waals surface area contributed by atoms with Crippen molar-refractivity contribution in [3.05, 3.63) is 28.2 Å². The number of carbonyl (C=O) groups is 2. The van der Waals surface area contributed by atoms with E-state index in [1.54, 1.807) is 6.07 Å². The predicted octanol–water partition coefficient (Wildman–Crippen LogP) is 2.41. The number of amides is 2. The summed E-state index contributed by atoms with van der Waals surface area (Å²) < 4.78 is 0.871. The van der Waals surface area contributed by atoms with E-state index in [1.807, 2.05) is 19.1 Å². The summed E-state index contributed by atoms with van der Waals surface area (Å²) in [6.45, 7) is 1.89. The first-order chi connectivity index (χ1) is 7.09. The molecule has 0 aromatic heterocycles. The van der Waals surface area contributed by atoms with Crippen LogP contribution in [0.2, 0.25) is 0 Å². The average Bonchev–Trinajstić information content (AvgIpc) is 2.51. The molecule has 1 aromatic rings. The molecule has 0 bridgehead atoms. The third-order valence-electron chi connectivity index (χ3n) is 2.46. The standard InChI is InChI=1S/C11H10BrNO2/c1-7-2-3-8(12)6-9(7)13-10(14)4-5-11(13)15/h2-3,6H,4-5H2,1H3. The van der Waals surface area contributed by atoms with E-state index in [2.05, 4.69) is 15.9 Å². The van der Waals surface area contributed by atoms with E-state index >= 15 is 0 Å². The minimum absolute atomic E-state index is 0.110. The van der Waals surface area contributed by atoms with Crippen molar-refractivity contribution in [3.63, 3.8) is 0 Å². The van der Waals surface area contributed by atoms with Crippen molar-refractivity contribution in [1.29, 1.82) is 0 Å². The van der Waals surface area contributed by atoms with Crippen LogP contribution in [-0.4, -0.2) is 11.8 Å². The number of benzene rings is 1. The summed E-state index contributed by atoms with van der Waals surface area (Å²) in [6.07, 6.45) is 0.648. The number of imide groups is 1. The van der Waals surface area contributed by atoms with Crippen LogP contribution in [0.1, 0.15) is 18.4 Å². The smallest absolute Gasteiger partial charge is 0.234 e. The Balaban J connectivity index is 2.48. The van der Waals surface area contributed by atoms with Gasteiger partial charge in [0.25, 0.3) is 0 Å². The van der Waals surface area contributed by atoms with Gasteiger partial charge < -0.3 is 0 Å². The van der Waals surface area contributed by atoms with Crippen LogP contribution in [0.3, 0.4) is 0 Å². The van der Waals surface area contributed by atoms with E-state index < -0.39 is 0 Å². The largest absolute Gasteiger partial charge is 0.274 e. The van der Waals surface area contributed by atoms with Gasteiger partial charge in [0.1, 0.15) is 0 Å². The molecule has 1 aliphatic rings. The molecule has 0 unspecified atom stereocenters. The molecule has 0 spiro atoms. The van der Waals surface area contributed by atoms with Crippen molar-refractivity contribution >= 4 is 33.4 Å². The quantitative estimate of drug-likeness (QED) is 0.733. The summed E-state index contributed by atoms with van der Waals surface area (Å²) in [7, 11) is 0. The van der Waals surface area contributed by atoms with Gasteiger partial charge in [0.2, 0.25) is 11.8 Å². The summed E-state index contributed by atoms with van der Waals surface area (Å²) in [4.78, 5) is 24.4. The number of halogens is 1. The first-order valence-electron chi connectivity index (χ1n) is 4.71. The molecule has 0 atom stereocenters. The Bertz CT molecular complexity index is 426. The number of hydrogen-bond donors (Lipinski definition) is 0. The van der Waals surface area contributed by atoms with Gasteiger partial charge in [-0.15, -0.1) is 0 Å². The number of carbonyl (C=O) groups excluding carboxylic acids is 2. The van der Waals surface area contributed by atoms with Crippen molar-refractivity contribution in [2.45, 2.75) is 19.8 Å². The van der Waals surface area contributed by atoms with E-state index in [-0.39, 0.29) is 11.8 Å². The lowest BCUT2D eigenvalue weighted by molar-refractivity contribution is -0.121. The summed E-state index contributed by atoms with van der Waals surface area (Å²) in [5, 5.41) is 0. The molecule has 0 N–H and O–H groups in total. The average molecular weight is 268 g/mol. The highest BCUT2D eigenvalue weighted by Crippen LogP contribution is 2.28. The maximum atomic E-state index is 11.5. The third-order valence-corrected chi connectivity index (χ3v) is 2.96. The van der Waals surface area contributed by atoms with E-state index in [4.69, 9.17) is 0 Å². The first kappa shape index (κ1) is 10.4. The summed E-state index contributed by atoms with van der Waals surface area (Å²) in [5.74, 6) is -0.220. The number of aryl methyl sites for hydroxylation is 1. The maximum absolute atomic E-state index is 11.5. The highest BCUT2D eigenvalue weighted by Gasteiger charge is 2.31. The molecule has 3 nitrogen and oxygen atoms in total. The van der Waals surface area contributed by atoms with Crippen LogP contribution in [0.4, 0.5) is 5.69 Å². The predicted molar refractivity (Wildman–Crippen MR) is 60.6 cm³/mol. The Morgan fingerprint density at radius 1 is 1.20 bits per heavy atom. The Morgan fingerprint density at radius 2 is 1.80 bits per heavy atom. The Morgan fingerprint density at radius 3 is 2.40 bits per heavy atom. The zero-order valence-electron chi connectivity index (χ0n) is 8.29. The zero-order valence-corrected chi connectivity index (χ0v) is 9.87. The van der Waals surface area contributed by atoms with Gasteiger partial charge in [0.05, 0.1) is 5.69 Å². The van der Waals surface area contributed by atoms with Gasteiger partial charge in [-0.3, -0.25) is 14.5 Å². The lowest BCUT2D eigenvalue weighted by Crippen LogP contribution is -2.29. The number of nitrogens with zero attached hydrogens (tertiary/aromatic N) is 1. The minimum atomic E-state index is -0.110. The summed E-state index contributed by atoms with van der Waals surface area (Å²) in [5.41, 5.74) is 1.62. The number of rotatable bonds is 1. The van der Waals surface area contributed by atoms with Crippen LogP contribution in [0.15, 0.2) is 22.7 Å². The fourth-order valence-corrected chi connectivity index (χ4v) is 2.02. The molecule has 1 heterocycles. The highest BCUT2D eigenvalue weighted by atomic mass is 79.9. The number of hydrogen-bond acceptors (Lipinski definition) is 2. The molecule has 1 fully saturated rings. The van der Waals surface area contributed by atoms with Crippen LogP contribution in [0, 0.1) is 6.92 Å². The fraction of sp³-hybridized carbons (Fsp3) is 0.273. The highest BCUT2D eigenvalue weighted by molar-refractivity contribution is 9.10. The fourth-order valence-electron chi connectivity index (χ4n) is 1.67. The van der Waals surface area contributed by atoms with Crippen molar-refractivity contribution in [2.24, 2.45) is 0 Å². The zero-order chi connectivity index (χ0) is 11.0. The van der Waals surface area contributed by atoms with E-state index in [9.17, 15) is 9.59 Å². The lowest BCUT2D eigenvalue weighted by atomic mass is 10.2. The molecule has 4 heteroatoms. The molecule has 2 amide bonds. The van der Waals surface area contributed by atoms with Crippen molar-refractivity contribution in [1.82, 2.24) is 0 Å². The molecular weight excluding hydrogens is 258 g/mol. The molecule has 2 rings (SSSR count). The van der Waals surface area contributed by atoms with Gasteiger partial charge in [-0.05, 0) is 24.6 Å². The van der Waals surface area contributed by atoms with Gasteiger partial charge in [0, 0.05) is 17.3 Å². The van der Waals surface area contributed by atoms with Crippen molar-refractivity contribution in [3.8, 4) is 0 Å². The van der Waals surface area contributed by atoms with Gasteiger partial charge in [-0.25, -0.2) is 0 Å². The van der Waals surface area contributed by atoms with E-state index in [1.165, 1.54) is 4.90 Å². The first-order valence-corrected chi connectivity index (χ1v) is 5.51. The van der Waals surface area contributed by atoms with Crippen molar-refractivity contribution in [2.75, 3.05) is 4.90 Å². The SMILES string of the molecule is Cc1ccc(Br)cc1N1C(=O)CCC1=O. The minimum Gasteiger partial charge on any atom is -0.274 e. The second-order valence-corrected chi connectivity index (χ2v) is 4.47. The van der Waals surface area contributed by atoms with Crippen LogP contribution >= 0.6 is 15.9 Å². The third kappa shape index (κ3) is 1.81. The molecule has 1 saturated heterocycles. The molecule has 1 aromatic carbocycles. The second-order valence-electron chi connectivity index (χ2n) is 3.55. The Hall–Kier alpha value is -1.16. The molecule has 15 heavy (non-hydrogen) atoms. The van der Waals surface area contributed by atoms with Gasteiger partial charge in [-0.1, -0.05) is 22.0 Å². The molecule has 0 saturated carbocycles. The van der Waals surface area contributed by atoms with Crippen LogP contribution < -0.4 is 4.90 Å². The molecule has 0 radical (unpaired) electrons. The topological polar surface area (TPSA) is 37.4 Å². The van der Waals surface area contributed by atoms with Gasteiger partial charge >= 0.3 is 0 Å². The normalized spacial score (nSPS) is 16.3. The second kappa shape index (κ2) is 3.77. The molecule has 78 valence electrons. The van der Waals surface area contributed by atoms with E-state index in [0.29, 0.717) is 18.5 Å². The van der Waals surface area contributed by atoms with Gasteiger partial charge in [-0.2, -0.15) is 0 Å².